The Bertz CT molecular complexity index is 5320. The van der Waals surface area contributed by atoms with Crippen molar-refractivity contribution in [1.82, 2.24) is 39.9 Å². The summed E-state index contributed by atoms with van der Waals surface area (Å²) < 4.78 is 1.72. The summed E-state index contributed by atoms with van der Waals surface area (Å²) in [5.41, 5.74) is 33.0. The summed E-state index contributed by atoms with van der Waals surface area (Å²) in [6.45, 7) is 55.4. The molecule has 542 valence electrons. The Morgan fingerprint density at radius 1 is 0.236 bits per heavy atom. The van der Waals surface area contributed by atoms with Crippen molar-refractivity contribution in [1.29, 1.82) is 0 Å². The summed E-state index contributed by atoms with van der Waals surface area (Å²) in [6.07, 6.45) is 13.3. The van der Waals surface area contributed by atoms with Gasteiger partial charge >= 0.3 is 0 Å². The van der Waals surface area contributed by atoms with Crippen LogP contribution in [0.4, 0.5) is 0 Å². The van der Waals surface area contributed by atoms with Gasteiger partial charge in [-0.2, -0.15) is 0 Å². The molecular formula is C96H104Br2N8. The highest BCUT2D eigenvalue weighted by molar-refractivity contribution is 9.11. The zero-order valence-corrected chi connectivity index (χ0v) is 69.9. The number of allylic oxidation sites excluding steroid dienone is 2. The van der Waals surface area contributed by atoms with Crippen molar-refractivity contribution in [2.24, 2.45) is 0 Å². The third-order valence-corrected chi connectivity index (χ3v) is 23.0. The van der Waals surface area contributed by atoms with E-state index in [-0.39, 0.29) is 43.3 Å². The van der Waals surface area contributed by atoms with Gasteiger partial charge in [-0.25, -0.2) is 19.9 Å². The molecule has 0 saturated carbocycles. The van der Waals surface area contributed by atoms with Crippen LogP contribution in [0.15, 0.2) is 142 Å². The Hall–Kier alpha value is -8.96. The number of nitrogens with one attached hydrogen (secondary N) is 4. The van der Waals surface area contributed by atoms with Gasteiger partial charge in [0, 0.05) is 66.5 Å². The SMILES string of the molecule is CC(C)(C)c1cc(-c2c3nc(c(Br)c4ccc([nH]4)c(-c4cc(C(C)(C)C)cc(C(C)(C)C)c4)c4nc(cc5ccc2[nH]5)C(C2=Cc5nc2cc2ccc([nH]2)c(-c2cc(C(C)(C)C)cc(C(C)(C)C)c2)c2nc(c(Br)c6ccc([nH]6)c5-c5cc(C(C)(C)C)cc(C(C)(C)C)c5)C=C2)=C4)C=C3)cc(C(C)(C)C)c1. The first kappa shape index (κ1) is 73.9. The van der Waals surface area contributed by atoms with E-state index in [0.29, 0.717) is 0 Å². The molecule has 10 heteroatoms. The zero-order chi connectivity index (χ0) is 76.2. The first-order valence-corrected chi connectivity index (χ1v) is 39.2. The van der Waals surface area contributed by atoms with Crippen LogP contribution in [0.25, 0.3) is 136 Å². The van der Waals surface area contributed by atoms with E-state index in [2.05, 4.69) is 388 Å². The number of hydrogen-bond donors (Lipinski definition) is 4. The third kappa shape index (κ3) is 14.5. The molecule has 0 saturated heterocycles. The second-order valence-corrected chi connectivity index (χ2v) is 39.7. The van der Waals surface area contributed by atoms with E-state index >= 15 is 0 Å². The molecular weight excluding hydrogens is 1420 g/mol. The molecule has 0 fully saturated rings. The maximum Gasteiger partial charge on any atom is 0.0801 e. The second-order valence-electron chi connectivity index (χ2n) is 38.2. The standard InChI is InChI=1S/C96H104Br2N8/c1-89(2,3)57-37-53(38-58(45-57)90(4,5)6)83-69-27-25-65(99-69)49-79-67(51-81(105-79)85(55-41-61(93(13,14)15)47-62(42-55)94(16,17)18)73-31-35-77(103-73)87(97)75-33-29-71(83)101-75)68-52-82-86(56-43-63(95(19,20)21)48-64(44-56)96(22,23)24)74-32-36-78(104-74)88(98)76-34-30-72(102-76)84(70-28-26-66(100-70)50-80(68)106-82)54-39-59(91(7,8)9)46-60(40-54)92(10,11)12/h25-52,99-100,103-104H,1-24H3. The average molecular weight is 1530 g/mol. The van der Waals surface area contributed by atoms with Crippen LogP contribution in [0.2, 0.25) is 0 Å². The molecule has 10 heterocycles. The van der Waals surface area contributed by atoms with Crippen LogP contribution in [0, 0.1) is 0 Å². The van der Waals surface area contributed by atoms with Gasteiger partial charge in [0.1, 0.15) is 0 Å². The molecule has 14 rings (SSSR count). The quantitative estimate of drug-likeness (QED) is 0.137. The van der Waals surface area contributed by atoms with E-state index in [4.69, 9.17) is 19.9 Å². The summed E-state index contributed by atoms with van der Waals surface area (Å²) in [5, 5.41) is 0. The number of aromatic nitrogens is 8. The van der Waals surface area contributed by atoms with Crippen LogP contribution in [0.1, 0.15) is 256 Å². The van der Waals surface area contributed by atoms with Crippen LogP contribution in [-0.4, -0.2) is 39.9 Å². The highest BCUT2D eigenvalue weighted by Crippen LogP contribution is 2.48. The van der Waals surface area contributed by atoms with Crippen molar-refractivity contribution < 1.29 is 0 Å². The Balaban J connectivity index is 1.14. The molecule has 4 aromatic carbocycles. The molecule has 8 nitrogen and oxygen atoms in total. The normalized spacial score (nSPS) is 14.0. The lowest BCUT2D eigenvalue weighted by Gasteiger charge is -2.26. The number of benzene rings is 4. The number of rotatable bonds is 5. The molecule has 0 spiro atoms. The summed E-state index contributed by atoms with van der Waals surface area (Å²) in [5.74, 6) is 0. The third-order valence-electron chi connectivity index (χ3n) is 21.4. The Kier molecular flexibility index (Phi) is 18.1. The number of nitrogens with zero attached hydrogens (tertiary/aromatic N) is 4. The molecule has 6 aromatic heterocycles. The lowest BCUT2D eigenvalue weighted by molar-refractivity contribution is 0.568. The van der Waals surface area contributed by atoms with Crippen molar-refractivity contribution in [2.45, 2.75) is 209 Å². The zero-order valence-electron chi connectivity index (χ0n) is 66.7. The van der Waals surface area contributed by atoms with Gasteiger partial charge in [-0.1, -0.05) is 239 Å². The fourth-order valence-corrected chi connectivity index (χ4v) is 15.4. The minimum atomic E-state index is -0.173. The molecule has 4 aliphatic rings. The molecule has 0 atom stereocenters. The first-order chi connectivity index (χ1) is 49.3. The Labute approximate surface area is 645 Å². The smallest absolute Gasteiger partial charge is 0.0801 e. The van der Waals surface area contributed by atoms with E-state index in [1.54, 1.807) is 0 Å². The van der Waals surface area contributed by atoms with Crippen LogP contribution in [-0.2, 0) is 43.3 Å². The number of hydrogen-bond acceptors (Lipinski definition) is 4. The van der Waals surface area contributed by atoms with Gasteiger partial charge in [0.25, 0.3) is 0 Å². The Morgan fingerprint density at radius 3 is 0.726 bits per heavy atom. The van der Waals surface area contributed by atoms with Crippen molar-refractivity contribution in [3.05, 3.63) is 232 Å². The second kappa shape index (κ2) is 25.9. The predicted octanol–water partition coefficient (Wildman–Crippen LogP) is 27.6. The summed E-state index contributed by atoms with van der Waals surface area (Å²) >= 11 is 8.32. The molecule has 4 N–H and O–H groups in total. The first-order valence-electron chi connectivity index (χ1n) is 37.6. The van der Waals surface area contributed by atoms with E-state index in [1.807, 2.05) is 0 Å². The number of halogens is 2. The highest BCUT2D eigenvalue weighted by atomic mass is 79.9. The predicted molar refractivity (Wildman–Crippen MR) is 462 cm³/mol. The van der Waals surface area contributed by atoms with E-state index in [9.17, 15) is 0 Å². The lowest BCUT2D eigenvalue weighted by Crippen LogP contribution is -2.16. The van der Waals surface area contributed by atoms with Crippen LogP contribution in [0.3, 0.4) is 0 Å². The number of H-pyrrole nitrogens is 4. The maximum absolute atomic E-state index is 6.01. The van der Waals surface area contributed by atoms with Crippen molar-refractivity contribution >= 4 is 124 Å². The molecule has 0 aliphatic carbocycles. The minimum absolute atomic E-state index is 0.124. The lowest BCUT2D eigenvalue weighted by atomic mass is 9.78. The fraction of sp³-hybridized carbons (Fsp3) is 0.333. The van der Waals surface area contributed by atoms with Gasteiger partial charge in [-0.05, 0) is 239 Å². The molecule has 0 amide bonds. The van der Waals surface area contributed by atoms with E-state index in [0.717, 1.165) is 154 Å². The van der Waals surface area contributed by atoms with Crippen LogP contribution >= 0.6 is 31.9 Å². The van der Waals surface area contributed by atoms with Gasteiger partial charge < -0.3 is 19.9 Å². The largest absolute Gasteiger partial charge is 0.355 e. The van der Waals surface area contributed by atoms with Crippen molar-refractivity contribution in [3.8, 4) is 44.5 Å². The monoisotopic (exact) mass is 1530 g/mol. The van der Waals surface area contributed by atoms with Crippen LogP contribution < -0.4 is 0 Å². The molecule has 10 aromatic rings. The molecule has 0 unspecified atom stereocenters. The topological polar surface area (TPSA) is 115 Å². The van der Waals surface area contributed by atoms with Gasteiger partial charge in [0.05, 0.1) is 65.5 Å². The van der Waals surface area contributed by atoms with E-state index < -0.39 is 0 Å². The fourth-order valence-electron chi connectivity index (χ4n) is 14.5. The van der Waals surface area contributed by atoms with Gasteiger partial charge in [-0.15, -0.1) is 0 Å². The summed E-state index contributed by atoms with van der Waals surface area (Å²) in [4.78, 5) is 39.1. The van der Waals surface area contributed by atoms with Crippen LogP contribution in [0.5, 0.6) is 0 Å². The molecule has 16 bridgehead atoms. The van der Waals surface area contributed by atoms with Gasteiger partial charge in [0.2, 0.25) is 0 Å². The average Bonchev–Trinajstić information content (AvgIpc) is 1.56. The minimum Gasteiger partial charge on any atom is -0.355 e. The summed E-state index contributed by atoms with van der Waals surface area (Å²) in [6, 6.07) is 50.7. The van der Waals surface area contributed by atoms with E-state index in [1.165, 1.54) is 44.5 Å². The number of fused-ring (bicyclic) bond motifs is 16. The molecule has 4 aliphatic heterocycles. The number of aromatic amines is 4. The Morgan fingerprint density at radius 2 is 0.462 bits per heavy atom. The highest BCUT2D eigenvalue weighted by Gasteiger charge is 2.32. The van der Waals surface area contributed by atoms with Crippen molar-refractivity contribution in [3.63, 3.8) is 0 Å². The molecule has 0 radical (unpaired) electrons. The summed E-state index contributed by atoms with van der Waals surface area (Å²) in [7, 11) is 0. The van der Waals surface area contributed by atoms with Gasteiger partial charge in [-0.3, -0.25) is 0 Å². The van der Waals surface area contributed by atoms with Gasteiger partial charge in [0.15, 0.2) is 0 Å². The molecule has 106 heavy (non-hydrogen) atoms. The van der Waals surface area contributed by atoms with Crippen molar-refractivity contribution in [2.75, 3.05) is 0 Å². The maximum atomic E-state index is 6.01.